The molecule has 24 atom stereocenters. The first-order valence-electron chi connectivity index (χ1n) is 20.2. The summed E-state index contributed by atoms with van der Waals surface area (Å²) in [5, 5.41) is 162. The van der Waals surface area contributed by atoms with E-state index in [0.717, 1.165) is 13.8 Å². The molecule has 0 radical (unpaired) electrons. The zero-order valence-electron chi connectivity index (χ0n) is 35.0. The predicted molar refractivity (Wildman–Crippen MR) is 202 cm³/mol. The Morgan fingerprint density at radius 2 is 1.09 bits per heavy atom. The van der Waals surface area contributed by atoms with Gasteiger partial charge in [-0.05, 0) is 0 Å². The quantitative estimate of drug-likeness (QED) is 0.0475. The van der Waals surface area contributed by atoms with Gasteiger partial charge in [0.05, 0.1) is 45.7 Å². The maximum atomic E-state index is 12.4. The zero-order valence-corrected chi connectivity index (χ0v) is 35.8. The second-order valence-corrected chi connectivity index (χ2v) is 16.8. The van der Waals surface area contributed by atoms with Crippen molar-refractivity contribution >= 4 is 22.2 Å². The Morgan fingerprint density at radius 3 is 1.59 bits per heavy atom. The number of amides is 2. The summed E-state index contributed by atoms with van der Waals surface area (Å²) in [4.78, 5) is 24.4. The topological polar surface area (TPSA) is 499 Å². The van der Waals surface area contributed by atoms with Crippen molar-refractivity contribution in [2.45, 2.75) is 161 Å². The normalized spacial score (nSPS) is 41.9. The van der Waals surface area contributed by atoms with Crippen LogP contribution >= 0.6 is 0 Å². The molecule has 66 heavy (non-hydrogen) atoms. The molecule has 0 aromatic carbocycles. The summed E-state index contributed by atoms with van der Waals surface area (Å²) in [5.74, 6) is -1.71. The summed E-state index contributed by atoms with van der Waals surface area (Å²) in [6.45, 7) is -4.26. The van der Waals surface area contributed by atoms with Crippen LogP contribution in [0.5, 0.6) is 0 Å². The molecule has 4 rings (SSSR count). The second-order valence-electron chi connectivity index (χ2n) is 15.8. The van der Waals surface area contributed by atoms with Gasteiger partial charge in [-0.1, -0.05) is 0 Å². The summed E-state index contributed by atoms with van der Waals surface area (Å²) < 4.78 is 81.5. The third-order valence-electron chi connectivity index (χ3n) is 11.0. The molecule has 4 fully saturated rings. The van der Waals surface area contributed by atoms with Crippen LogP contribution in [-0.2, 0) is 62.1 Å². The van der Waals surface area contributed by atoms with E-state index in [2.05, 4.69) is 14.8 Å². The number of rotatable bonds is 21. The third kappa shape index (κ3) is 13.8. The molecular weight excluding hydrogens is 932 g/mol. The Kier molecular flexibility index (Phi) is 21.1. The van der Waals surface area contributed by atoms with Crippen LogP contribution < -0.4 is 10.6 Å². The maximum Gasteiger partial charge on any atom is 0.397 e. The molecular formula is C34H60N2O29S. The van der Waals surface area contributed by atoms with Gasteiger partial charge in [-0.15, -0.1) is 0 Å². The summed E-state index contributed by atoms with van der Waals surface area (Å²) in [6.07, 6.45) is -43.5. The van der Waals surface area contributed by atoms with E-state index in [1.165, 1.54) is 0 Å². The van der Waals surface area contributed by atoms with Gasteiger partial charge < -0.3 is 125 Å². The van der Waals surface area contributed by atoms with Gasteiger partial charge in [-0.3, -0.25) is 14.1 Å². The lowest BCUT2D eigenvalue weighted by Gasteiger charge is -2.49. The molecule has 0 bridgehead atoms. The smallest absolute Gasteiger partial charge is 0.394 e. The zero-order chi connectivity index (χ0) is 49.5. The number of ether oxygens (including phenoxy) is 8. The Bertz CT molecular complexity index is 1640. The largest absolute Gasteiger partial charge is 0.397 e. The molecule has 4 aliphatic heterocycles. The van der Waals surface area contributed by atoms with Crippen molar-refractivity contribution in [3.63, 3.8) is 0 Å². The fraction of sp³-hybridized carbons (Fsp3) is 0.941. The van der Waals surface area contributed by atoms with E-state index >= 15 is 0 Å². The molecule has 18 N–H and O–H groups in total. The average molecular weight is 993 g/mol. The standard InChI is InChI=1S/C34H60N2O29S/c1-9(41)35-11(3-37)28(63-32-25(51)23(49)19(45)13(4-38)59-32)18(44)12(43)7-57-31-17(36-10(2)42)22(48)29(16(62-31)8-58-66(54,55)56)64-34-27(53)30(21(47)15(6-40)61-34)65-33-26(52)24(50)20(46)14(5-39)60-33/h11-34,37-40,43-53H,3-8H2,1-2H3,(H,35,41)(H,36,42)(H,54,55,56)/t11-,12+,13+,14+,15+,16+,17+,18-,19-,20-,21-,22+,23-,24-,25+,26+,27+,28+,29+,30-,31+,32-,33+,34-/m0/s1. The highest BCUT2D eigenvalue weighted by Gasteiger charge is 2.55. The molecule has 4 aliphatic rings. The number of hydrogen-bond donors (Lipinski definition) is 18. The molecule has 386 valence electrons. The lowest BCUT2D eigenvalue weighted by atomic mass is 9.95. The lowest BCUT2D eigenvalue weighted by molar-refractivity contribution is -0.376. The average Bonchev–Trinajstić information content (AvgIpc) is 3.26. The molecule has 32 heteroatoms. The van der Waals surface area contributed by atoms with Crippen LogP contribution in [0.4, 0.5) is 0 Å². The van der Waals surface area contributed by atoms with Crippen molar-refractivity contribution in [1.29, 1.82) is 0 Å². The van der Waals surface area contributed by atoms with E-state index in [1.54, 1.807) is 0 Å². The van der Waals surface area contributed by atoms with Crippen molar-refractivity contribution in [2.75, 3.05) is 39.6 Å². The number of nitrogens with one attached hydrogen (secondary N) is 2. The van der Waals surface area contributed by atoms with E-state index < -0.39 is 209 Å². The van der Waals surface area contributed by atoms with Gasteiger partial charge in [-0.25, -0.2) is 4.18 Å². The number of aliphatic hydroxyl groups is 15. The van der Waals surface area contributed by atoms with Crippen molar-refractivity contribution in [3.05, 3.63) is 0 Å². The van der Waals surface area contributed by atoms with Crippen LogP contribution in [0.2, 0.25) is 0 Å². The Hall–Kier alpha value is -2.11. The number of aliphatic hydroxyl groups excluding tert-OH is 15. The van der Waals surface area contributed by atoms with Crippen molar-refractivity contribution in [2.24, 2.45) is 0 Å². The molecule has 31 nitrogen and oxygen atoms in total. The molecule has 4 saturated heterocycles. The van der Waals surface area contributed by atoms with Crippen LogP contribution in [0.15, 0.2) is 0 Å². The molecule has 0 aromatic heterocycles. The highest BCUT2D eigenvalue weighted by molar-refractivity contribution is 7.80. The first kappa shape index (κ1) is 56.5. The van der Waals surface area contributed by atoms with Gasteiger partial charge in [0.25, 0.3) is 0 Å². The van der Waals surface area contributed by atoms with Crippen LogP contribution in [0.1, 0.15) is 13.8 Å². The van der Waals surface area contributed by atoms with E-state index in [1.807, 2.05) is 0 Å². The monoisotopic (exact) mass is 992 g/mol. The van der Waals surface area contributed by atoms with E-state index in [9.17, 15) is 99.2 Å². The molecule has 0 saturated carbocycles. The van der Waals surface area contributed by atoms with Crippen molar-refractivity contribution in [1.82, 2.24) is 10.6 Å². The van der Waals surface area contributed by atoms with E-state index in [4.69, 9.17) is 37.9 Å². The number of carbonyl (C=O) groups excluding carboxylic acids is 2. The van der Waals surface area contributed by atoms with Crippen LogP contribution in [0.25, 0.3) is 0 Å². The predicted octanol–water partition coefficient (Wildman–Crippen LogP) is -12.2. The van der Waals surface area contributed by atoms with Gasteiger partial charge >= 0.3 is 10.4 Å². The van der Waals surface area contributed by atoms with Crippen LogP contribution in [0.3, 0.4) is 0 Å². The van der Waals surface area contributed by atoms with Crippen LogP contribution in [0, 0.1) is 0 Å². The summed E-state index contributed by atoms with van der Waals surface area (Å²) in [6, 6.07) is -3.45. The first-order chi connectivity index (χ1) is 30.9. The Morgan fingerprint density at radius 1 is 0.606 bits per heavy atom. The minimum Gasteiger partial charge on any atom is -0.394 e. The van der Waals surface area contributed by atoms with Gasteiger partial charge in [0, 0.05) is 13.8 Å². The van der Waals surface area contributed by atoms with Crippen LogP contribution in [-0.4, -0.2) is 288 Å². The summed E-state index contributed by atoms with van der Waals surface area (Å²) in [7, 11) is -5.31. The minimum absolute atomic E-state index is 0.807. The highest BCUT2D eigenvalue weighted by atomic mass is 32.3. The van der Waals surface area contributed by atoms with Gasteiger partial charge in [0.2, 0.25) is 11.8 Å². The summed E-state index contributed by atoms with van der Waals surface area (Å²) >= 11 is 0. The molecule has 0 aliphatic carbocycles. The fourth-order valence-electron chi connectivity index (χ4n) is 7.47. The molecule has 0 unspecified atom stereocenters. The maximum absolute atomic E-state index is 12.4. The second kappa shape index (κ2) is 24.6. The number of carbonyl (C=O) groups is 2. The highest BCUT2D eigenvalue weighted by Crippen LogP contribution is 2.34. The number of hydrogen-bond acceptors (Lipinski definition) is 28. The third-order valence-corrected chi connectivity index (χ3v) is 11.4. The molecule has 4 heterocycles. The first-order valence-corrected chi connectivity index (χ1v) is 21.5. The van der Waals surface area contributed by atoms with E-state index in [-0.39, 0.29) is 0 Å². The fourth-order valence-corrected chi connectivity index (χ4v) is 7.78. The minimum atomic E-state index is -5.31. The molecule has 0 aromatic rings. The van der Waals surface area contributed by atoms with Gasteiger partial charge in [-0.2, -0.15) is 8.42 Å². The Labute approximate surface area is 374 Å². The van der Waals surface area contributed by atoms with Crippen molar-refractivity contribution in [3.8, 4) is 0 Å². The molecule has 2 amide bonds. The Balaban J connectivity index is 1.60. The van der Waals surface area contributed by atoms with Gasteiger partial charge in [0.15, 0.2) is 25.2 Å². The van der Waals surface area contributed by atoms with Crippen molar-refractivity contribution < 1.29 is 141 Å². The SMILES string of the molecule is CC(=O)N[C@H]1[C@H](OC[C@@H](O)[C@H](O)[C@H](O[C@@H]2O[C@H](CO)[C@H](O)[C@H](O)[C@H]2O)[C@H](CO)NC(C)=O)O[C@H](COS(=O)(=O)O)[C@@H](O[C@@H]2O[C@H](CO)[C@H](O)[C@H](O[C@H]3O[C@H](CO)[C@H](O)[C@H](O)[C@H]3O)[C@H]2O)[C@@H]1O. The molecule has 0 spiro atoms. The lowest BCUT2D eigenvalue weighted by Crippen LogP contribution is -2.68. The van der Waals surface area contributed by atoms with E-state index in [0.29, 0.717) is 0 Å². The summed E-state index contributed by atoms with van der Waals surface area (Å²) in [5.41, 5.74) is 0. The van der Waals surface area contributed by atoms with Gasteiger partial charge in [0.1, 0.15) is 116 Å².